The summed E-state index contributed by atoms with van der Waals surface area (Å²) in [6, 6.07) is 9.12. The molecule has 0 spiro atoms. The van der Waals surface area contributed by atoms with Crippen molar-refractivity contribution in [1.82, 2.24) is 5.32 Å². The Labute approximate surface area is 129 Å². The number of benzene rings is 1. The normalized spacial score (nSPS) is 21.2. The van der Waals surface area contributed by atoms with Gasteiger partial charge in [0.05, 0.1) is 6.61 Å². The minimum atomic E-state index is -0.205. The van der Waals surface area contributed by atoms with E-state index in [0.29, 0.717) is 12.0 Å². The molecule has 0 fully saturated rings. The molecule has 21 heavy (non-hydrogen) atoms. The fourth-order valence-electron chi connectivity index (χ4n) is 3.39. The summed E-state index contributed by atoms with van der Waals surface area (Å²) in [5, 5.41) is 13.2. The molecule has 1 aliphatic heterocycles. The first kappa shape index (κ1) is 16.3. The van der Waals surface area contributed by atoms with Crippen LogP contribution in [0.4, 0.5) is 5.69 Å². The molecule has 3 heteroatoms. The van der Waals surface area contributed by atoms with Gasteiger partial charge in [0.25, 0.3) is 0 Å². The molecule has 0 saturated heterocycles. The summed E-state index contributed by atoms with van der Waals surface area (Å²) in [6.45, 7) is 11.0. The second kappa shape index (κ2) is 6.80. The first-order valence-corrected chi connectivity index (χ1v) is 8.15. The van der Waals surface area contributed by atoms with E-state index in [-0.39, 0.29) is 12.1 Å². The number of hydrogen-bond acceptors (Lipinski definition) is 3. The van der Waals surface area contributed by atoms with Crippen molar-refractivity contribution in [2.45, 2.75) is 52.1 Å². The van der Waals surface area contributed by atoms with Crippen molar-refractivity contribution in [2.75, 3.05) is 24.6 Å². The third kappa shape index (κ3) is 4.21. The van der Waals surface area contributed by atoms with Crippen LogP contribution in [0, 0.1) is 5.92 Å². The first-order valence-electron chi connectivity index (χ1n) is 8.15. The molecule has 0 saturated carbocycles. The molecule has 3 nitrogen and oxygen atoms in total. The monoisotopic (exact) mass is 290 g/mol. The number of hydrogen-bond donors (Lipinski definition) is 2. The van der Waals surface area contributed by atoms with Crippen molar-refractivity contribution < 1.29 is 5.11 Å². The summed E-state index contributed by atoms with van der Waals surface area (Å²) in [4.78, 5) is 2.49. The molecule has 0 aliphatic carbocycles. The first-order chi connectivity index (χ1) is 9.93. The van der Waals surface area contributed by atoms with Gasteiger partial charge in [0.15, 0.2) is 0 Å². The molecule has 1 heterocycles. The molecule has 0 amide bonds. The zero-order chi connectivity index (χ0) is 15.5. The van der Waals surface area contributed by atoms with Gasteiger partial charge in [0.2, 0.25) is 0 Å². The van der Waals surface area contributed by atoms with Crippen LogP contribution >= 0.6 is 0 Å². The Bertz CT molecular complexity index is 460. The van der Waals surface area contributed by atoms with E-state index in [1.54, 1.807) is 0 Å². The maximum absolute atomic E-state index is 9.73. The van der Waals surface area contributed by atoms with E-state index in [1.165, 1.54) is 17.7 Å². The molecule has 2 unspecified atom stereocenters. The number of aliphatic hydroxyl groups is 1. The van der Waals surface area contributed by atoms with Gasteiger partial charge in [-0.1, -0.05) is 39.0 Å². The maximum atomic E-state index is 9.73. The quantitative estimate of drug-likeness (QED) is 0.845. The molecule has 118 valence electrons. The Kier molecular flexibility index (Phi) is 5.28. The zero-order valence-electron chi connectivity index (χ0n) is 13.9. The second-order valence-corrected chi connectivity index (χ2v) is 7.15. The number of nitrogens with zero attached hydrogens (tertiary/aromatic N) is 1. The number of para-hydroxylation sites is 1. The van der Waals surface area contributed by atoms with Crippen LogP contribution in [0.2, 0.25) is 0 Å². The van der Waals surface area contributed by atoms with Crippen molar-refractivity contribution in [3.05, 3.63) is 29.8 Å². The lowest BCUT2D eigenvalue weighted by molar-refractivity contribution is 0.158. The van der Waals surface area contributed by atoms with Crippen LogP contribution in [-0.4, -0.2) is 36.4 Å². The summed E-state index contributed by atoms with van der Waals surface area (Å²) >= 11 is 0. The zero-order valence-corrected chi connectivity index (χ0v) is 13.9. The van der Waals surface area contributed by atoms with Crippen molar-refractivity contribution in [3.8, 4) is 0 Å². The number of rotatable bonds is 6. The maximum Gasteiger partial charge on any atom is 0.0611 e. The van der Waals surface area contributed by atoms with Gasteiger partial charge in [0.1, 0.15) is 0 Å². The van der Waals surface area contributed by atoms with Crippen LogP contribution < -0.4 is 10.2 Å². The van der Waals surface area contributed by atoms with Gasteiger partial charge in [-0.3, -0.25) is 0 Å². The van der Waals surface area contributed by atoms with E-state index >= 15 is 0 Å². The fourth-order valence-corrected chi connectivity index (χ4v) is 3.39. The second-order valence-electron chi connectivity index (χ2n) is 7.15. The molecule has 0 bridgehead atoms. The highest BCUT2D eigenvalue weighted by Crippen LogP contribution is 2.30. The lowest BCUT2D eigenvalue weighted by Crippen LogP contribution is -2.51. The van der Waals surface area contributed by atoms with Gasteiger partial charge in [-0.05, 0) is 37.3 Å². The minimum Gasteiger partial charge on any atom is -0.394 e. The third-order valence-corrected chi connectivity index (χ3v) is 4.35. The van der Waals surface area contributed by atoms with E-state index in [4.69, 9.17) is 0 Å². The lowest BCUT2D eigenvalue weighted by atomic mass is 9.92. The molecule has 2 N–H and O–H groups in total. The average molecular weight is 290 g/mol. The van der Waals surface area contributed by atoms with Crippen LogP contribution in [0.1, 0.15) is 39.7 Å². The average Bonchev–Trinajstić information content (AvgIpc) is 2.44. The van der Waals surface area contributed by atoms with Gasteiger partial charge < -0.3 is 15.3 Å². The molecule has 1 aromatic rings. The van der Waals surface area contributed by atoms with Crippen LogP contribution in [0.5, 0.6) is 0 Å². The highest BCUT2D eigenvalue weighted by molar-refractivity contribution is 5.55. The Morgan fingerprint density at radius 1 is 1.38 bits per heavy atom. The van der Waals surface area contributed by atoms with Gasteiger partial charge in [-0.15, -0.1) is 0 Å². The van der Waals surface area contributed by atoms with E-state index in [1.807, 2.05) is 0 Å². The molecule has 0 aromatic heterocycles. The summed E-state index contributed by atoms with van der Waals surface area (Å²) in [5.41, 5.74) is 2.63. The summed E-state index contributed by atoms with van der Waals surface area (Å²) in [6.07, 6.45) is 2.12. The van der Waals surface area contributed by atoms with Crippen LogP contribution in [0.15, 0.2) is 24.3 Å². The van der Waals surface area contributed by atoms with Crippen molar-refractivity contribution in [1.29, 1.82) is 0 Å². The SMILES string of the molecule is CC1Cc2ccccc2N(CCC(C)(CO)NC(C)C)C1. The van der Waals surface area contributed by atoms with Gasteiger partial charge in [-0.2, -0.15) is 0 Å². The van der Waals surface area contributed by atoms with Gasteiger partial charge in [0, 0.05) is 30.4 Å². The number of anilines is 1. The molecule has 0 radical (unpaired) electrons. The lowest BCUT2D eigenvalue weighted by Gasteiger charge is -2.38. The van der Waals surface area contributed by atoms with Crippen LogP contribution in [-0.2, 0) is 6.42 Å². The van der Waals surface area contributed by atoms with Crippen LogP contribution in [0.25, 0.3) is 0 Å². The predicted molar refractivity (Wildman–Crippen MR) is 89.9 cm³/mol. The molecular formula is C18H30N2O. The minimum absolute atomic E-state index is 0.177. The smallest absolute Gasteiger partial charge is 0.0611 e. The summed E-state index contributed by atoms with van der Waals surface area (Å²) < 4.78 is 0. The largest absolute Gasteiger partial charge is 0.394 e. The highest BCUT2D eigenvalue weighted by Gasteiger charge is 2.27. The van der Waals surface area contributed by atoms with E-state index in [0.717, 1.165) is 19.5 Å². The van der Waals surface area contributed by atoms with E-state index < -0.39 is 0 Å². The summed E-state index contributed by atoms with van der Waals surface area (Å²) in [5.74, 6) is 0.693. The molecule has 1 aromatic carbocycles. The van der Waals surface area contributed by atoms with Gasteiger partial charge >= 0.3 is 0 Å². The van der Waals surface area contributed by atoms with Crippen LogP contribution in [0.3, 0.4) is 0 Å². The molecular weight excluding hydrogens is 260 g/mol. The molecule has 2 atom stereocenters. The topological polar surface area (TPSA) is 35.5 Å². The van der Waals surface area contributed by atoms with E-state index in [2.05, 4.69) is 62.2 Å². The molecule has 2 rings (SSSR count). The Hall–Kier alpha value is -1.06. The van der Waals surface area contributed by atoms with Gasteiger partial charge in [-0.25, -0.2) is 0 Å². The Morgan fingerprint density at radius 2 is 2.10 bits per heavy atom. The van der Waals surface area contributed by atoms with Crippen molar-refractivity contribution >= 4 is 5.69 Å². The predicted octanol–water partition coefficient (Wildman–Crippen LogP) is 2.82. The highest BCUT2D eigenvalue weighted by atomic mass is 16.3. The van der Waals surface area contributed by atoms with Crippen molar-refractivity contribution in [2.24, 2.45) is 5.92 Å². The number of aliphatic hydroxyl groups excluding tert-OH is 1. The fraction of sp³-hybridized carbons (Fsp3) is 0.667. The number of fused-ring (bicyclic) bond motifs is 1. The molecule has 1 aliphatic rings. The van der Waals surface area contributed by atoms with Crippen molar-refractivity contribution in [3.63, 3.8) is 0 Å². The van der Waals surface area contributed by atoms with E-state index in [9.17, 15) is 5.11 Å². The Morgan fingerprint density at radius 3 is 2.76 bits per heavy atom. The third-order valence-electron chi connectivity index (χ3n) is 4.35. The number of nitrogens with one attached hydrogen (secondary N) is 1. The standard InChI is InChI=1S/C18H30N2O/c1-14(2)19-18(4,13-21)9-10-20-12-15(3)11-16-7-5-6-8-17(16)20/h5-8,14-15,19,21H,9-13H2,1-4H3. The Balaban J connectivity index is 2.06. The summed E-state index contributed by atoms with van der Waals surface area (Å²) in [7, 11) is 0.